The van der Waals surface area contributed by atoms with Gasteiger partial charge in [0.1, 0.15) is 5.76 Å². The standard InChI is InChI=1S/C10H16N2O2/c1-5-6(2)11-10(13)9-7(3)8(4)14-12-9/h6H,5H2,1-4H3,(H,11,13). The Bertz CT molecular complexity index is 331. The van der Waals surface area contributed by atoms with Gasteiger partial charge in [-0.05, 0) is 27.2 Å². The van der Waals surface area contributed by atoms with Crippen molar-refractivity contribution >= 4 is 5.91 Å². The van der Waals surface area contributed by atoms with Crippen LogP contribution in [0.5, 0.6) is 0 Å². The summed E-state index contributed by atoms with van der Waals surface area (Å²) in [5, 5.41) is 6.55. The van der Waals surface area contributed by atoms with E-state index >= 15 is 0 Å². The first kappa shape index (κ1) is 10.8. The van der Waals surface area contributed by atoms with Crippen LogP contribution in [0, 0.1) is 13.8 Å². The van der Waals surface area contributed by atoms with Gasteiger partial charge in [-0.2, -0.15) is 0 Å². The highest BCUT2D eigenvalue weighted by atomic mass is 16.5. The van der Waals surface area contributed by atoms with Crippen LogP contribution in [-0.4, -0.2) is 17.1 Å². The molecule has 0 fully saturated rings. The molecule has 4 heteroatoms. The van der Waals surface area contributed by atoms with Crippen molar-refractivity contribution in [2.24, 2.45) is 0 Å². The molecule has 0 saturated carbocycles. The molecule has 4 nitrogen and oxygen atoms in total. The molecule has 1 aromatic rings. The van der Waals surface area contributed by atoms with Crippen molar-refractivity contribution in [3.63, 3.8) is 0 Å². The van der Waals surface area contributed by atoms with E-state index in [0.717, 1.165) is 12.0 Å². The van der Waals surface area contributed by atoms with Crippen LogP contribution >= 0.6 is 0 Å². The second-order valence-corrected chi connectivity index (χ2v) is 3.50. The Labute approximate surface area is 83.7 Å². The topological polar surface area (TPSA) is 55.1 Å². The maximum atomic E-state index is 11.6. The zero-order valence-electron chi connectivity index (χ0n) is 9.05. The summed E-state index contributed by atoms with van der Waals surface area (Å²) >= 11 is 0. The van der Waals surface area contributed by atoms with Crippen LogP contribution in [0.2, 0.25) is 0 Å². The van der Waals surface area contributed by atoms with Crippen LogP contribution in [-0.2, 0) is 0 Å². The molecule has 1 aromatic heterocycles. The SMILES string of the molecule is CCC(C)NC(=O)c1noc(C)c1C. The number of hydrogen-bond acceptors (Lipinski definition) is 3. The van der Waals surface area contributed by atoms with Crippen molar-refractivity contribution in [1.82, 2.24) is 10.5 Å². The minimum Gasteiger partial charge on any atom is -0.361 e. The Hall–Kier alpha value is -1.32. The van der Waals surface area contributed by atoms with E-state index < -0.39 is 0 Å². The molecule has 1 unspecified atom stereocenters. The lowest BCUT2D eigenvalue weighted by atomic mass is 10.2. The van der Waals surface area contributed by atoms with E-state index in [0.29, 0.717) is 11.5 Å². The first-order valence-corrected chi connectivity index (χ1v) is 4.80. The molecule has 0 radical (unpaired) electrons. The fraction of sp³-hybridized carbons (Fsp3) is 0.600. The number of amides is 1. The summed E-state index contributed by atoms with van der Waals surface area (Å²) in [6.07, 6.45) is 0.904. The van der Waals surface area contributed by atoms with E-state index in [9.17, 15) is 4.79 Å². The van der Waals surface area contributed by atoms with Crippen LogP contribution in [0.15, 0.2) is 4.52 Å². The molecule has 1 N–H and O–H groups in total. The summed E-state index contributed by atoms with van der Waals surface area (Å²) in [4.78, 5) is 11.6. The van der Waals surface area contributed by atoms with E-state index in [1.54, 1.807) is 6.92 Å². The smallest absolute Gasteiger partial charge is 0.273 e. The molecule has 1 atom stereocenters. The number of rotatable bonds is 3. The Balaban J connectivity index is 2.75. The molecule has 0 spiro atoms. The van der Waals surface area contributed by atoms with Gasteiger partial charge in [0.25, 0.3) is 5.91 Å². The lowest BCUT2D eigenvalue weighted by Crippen LogP contribution is -2.32. The molecule has 0 aliphatic rings. The van der Waals surface area contributed by atoms with Crippen LogP contribution in [0.1, 0.15) is 42.1 Å². The molecule has 78 valence electrons. The van der Waals surface area contributed by atoms with Gasteiger partial charge in [-0.25, -0.2) is 0 Å². The predicted molar refractivity (Wildman–Crippen MR) is 53.2 cm³/mol. The Morgan fingerprint density at radius 3 is 2.64 bits per heavy atom. The number of carbonyl (C=O) groups excluding carboxylic acids is 1. The average Bonchev–Trinajstić information content (AvgIpc) is 2.47. The number of aromatic nitrogens is 1. The quantitative estimate of drug-likeness (QED) is 0.802. The summed E-state index contributed by atoms with van der Waals surface area (Å²) in [5.74, 6) is 0.535. The number of carbonyl (C=O) groups is 1. The summed E-state index contributed by atoms with van der Waals surface area (Å²) in [5.41, 5.74) is 1.20. The molecule has 0 aliphatic carbocycles. The third-order valence-electron chi connectivity index (χ3n) is 2.36. The van der Waals surface area contributed by atoms with Gasteiger partial charge in [-0.15, -0.1) is 0 Å². The van der Waals surface area contributed by atoms with Gasteiger partial charge in [0.05, 0.1) is 0 Å². The lowest BCUT2D eigenvalue weighted by Gasteiger charge is -2.09. The maximum absolute atomic E-state index is 11.6. The van der Waals surface area contributed by atoms with Gasteiger partial charge in [-0.3, -0.25) is 4.79 Å². The highest BCUT2D eigenvalue weighted by molar-refractivity contribution is 5.93. The van der Waals surface area contributed by atoms with E-state index in [4.69, 9.17) is 4.52 Å². The number of nitrogens with one attached hydrogen (secondary N) is 1. The van der Waals surface area contributed by atoms with Gasteiger partial charge in [-0.1, -0.05) is 12.1 Å². The monoisotopic (exact) mass is 196 g/mol. The molecule has 0 saturated heterocycles. The summed E-state index contributed by atoms with van der Waals surface area (Å²) < 4.78 is 4.92. The summed E-state index contributed by atoms with van der Waals surface area (Å²) in [6, 6.07) is 0.166. The van der Waals surface area contributed by atoms with Gasteiger partial charge >= 0.3 is 0 Å². The minimum atomic E-state index is -0.159. The van der Waals surface area contributed by atoms with Gasteiger partial charge in [0, 0.05) is 11.6 Å². The molecule has 0 aliphatic heterocycles. The largest absolute Gasteiger partial charge is 0.361 e. The second-order valence-electron chi connectivity index (χ2n) is 3.50. The van der Waals surface area contributed by atoms with Gasteiger partial charge < -0.3 is 9.84 Å². The molecule has 1 amide bonds. The molecule has 1 rings (SSSR count). The first-order chi connectivity index (χ1) is 6.56. The van der Waals surface area contributed by atoms with Crippen LogP contribution in [0.4, 0.5) is 0 Å². The van der Waals surface area contributed by atoms with Crippen molar-refractivity contribution in [1.29, 1.82) is 0 Å². The number of aryl methyl sites for hydroxylation is 1. The van der Waals surface area contributed by atoms with E-state index in [2.05, 4.69) is 10.5 Å². The normalized spacial score (nSPS) is 12.6. The highest BCUT2D eigenvalue weighted by Gasteiger charge is 2.17. The van der Waals surface area contributed by atoms with Crippen LogP contribution in [0.3, 0.4) is 0 Å². The number of nitrogens with zero attached hydrogens (tertiary/aromatic N) is 1. The predicted octanol–water partition coefficient (Wildman–Crippen LogP) is 1.82. The average molecular weight is 196 g/mol. The first-order valence-electron chi connectivity index (χ1n) is 4.80. The van der Waals surface area contributed by atoms with Crippen LogP contribution in [0.25, 0.3) is 0 Å². The molecule has 0 bridgehead atoms. The Morgan fingerprint density at radius 1 is 1.57 bits per heavy atom. The third-order valence-corrected chi connectivity index (χ3v) is 2.36. The lowest BCUT2D eigenvalue weighted by molar-refractivity contribution is 0.0929. The van der Waals surface area contributed by atoms with E-state index in [1.165, 1.54) is 0 Å². The van der Waals surface area contributed by atoms with Crippen molar-refractivity contribution in [3.8, 4) is 0 Å². The fourth-order valence-corrected chi connectivity index (χ4v) is 1.02. The zero-order valence-corrected chi connectivity index (χ0v) is 9.05. The van der Waals surface area contributed by atoms with Crippen molar-refractivity contribution in [2.45, 2.75) is 40.2 Å². The van der Waals surface area contributed by atoms with Crippen molar-refractivity contribution < 1.29 is 9.32 Å². The Morgan fingerprint density at radius 2 is 2.21 bits per heavy atom. The summed E-state index contributed by atoms with van der Waals surface area (Å²) in [7, 11) is 0. The van der Waals surface area contributed by atoms with Crippen molar-refractivity contribution in [2.75, 3.05) is 0 Å². The zero-order chi connectivity index (χ0) is 10.7. The minimum absolute atomic E-state index is 0.159. The van der Waals surface area contributed by atoms with E-state index in [1.807, 2.05) is 20.8 Å². The highest BCUT2D eigenvalue weighted by Crippen LogP contribution is 2.11. The van der Waals surface area contributed by atoms with Gasteiger partial charge in [0.15, 0.2) is 5.69 Å². The molecule has 1 heterocycles. The maximum Gasteiger partial charge on any atom is 0.273 e. The third kappa shape index (κ3) is 2.13. The summed E-state index contributed by atoms with van der Waals surface area (Å²) in [6.45, 7) is 7.60. The van der Waals surface area contributed by atoms with Crippen molar-refractivity contribution in [3.05, 3.63) is 17.0 Å². The molecular formula is C10H16N2O2. The second kappa shape index (κ2) is 4.26. The molecule has 0 aromatic carbocycles. The molecule has 14 heavy (non-hydrogen) atoms. The Kier molecular flexibility index (Phi) is 3.28. The van der Waals surface area contributed by atoms with E-state index in [-0.39, 0.29) is 11.9 Å². The fourth-order valence-electron chi connectivity index (χ4n) is 1.02. The van der Waals surface area contributed by atoms with Crippen LogP contribution < -0.4 is 5.32 Å². The molecular weight excluding hydrogens is 180 g/mol. The number of hydrogen-bond donors (Lipinski definition) is 1. The van der Waals surface area contributed by atoms with Gasteiger partial charge in [0.2, 0.25) is 0 Å².